The second-order valence-electron chi connectivity index (χ2n) is 10.7. The van der Waals surface area contributed by atoms with E-state index in [-0.39, 0.29) is 23.8 Å². The van der Waals surface area contributed by atoms with Gasteiger partial charge in [-0.25, -0.2) is 8.42 Å². The predicted octanol–water partition coefficient (Wildman–Crippen LogP) is 6.51. The lowest BCUT2D eigenvalue weighted by atomic mass is 10.0. The van der Waals surface area contributed by atoms with Gasteiger partial charge in [0, 0.05) is 24.0 Å². The lowest BCUT2D eigenvalue weighted by Crippen LogP contribution is -2.53. The first-order chi connectivity index (χ1) is 21.2. The quantitative estimate of drug-likeness (QED) is 0.154. The molecule has 9 heteroatoms. The third-order valence-corrected chi connectivity index (χ3v) is 9.52. The molecule has 0 aliphatic heterocycles. The molecule has 0 spiro atoms. The number of sulfonamides is 1. The first-order valence-corrected chi connectivity index (χ1v) is 16.9. The van der Waals surface area contributed by atoms with Crippen molar-refractivity contribution in [2.24, 2.45) is 0 Å². The second kappa shape index (κ2) is 15.7. The molecule has 0 bridgehead atoms. The number of halogens is 1. The molecule has 230 valence electrons. The van der Waals surface area contributed by atoms with Crippen molar-refractivity contribution in [1.29, 1.82) is 0 Å². The minimum absolute atomic E-state index is 0.0750. The smallest absolute Gasteiger partial charge is 0.264 e. The Balaban J connectivity index is 1.78. The lowest BCUT2D eigenvalue weighted by molar-refractivity contribution is -0.140. The summed E-state index contributed by atoms with van der Waals surface area (Å²) in [5, 5.41) is 3.01. The van der Waals surface area contributed by atoms with Gasteiger partial charge in [-0.3, -0.25) is 13.9 Å². The van der Waals surface area contributed by atoms with Crippen LogP contribution in [0.4, 0.5) is 5.69 Å². The van der Waals surface area contributed by atoms with E-state index in [0.717, 1.165) is 38.3 Å². The minimum Gasteiger partial charge on any atom is -0.354 e. The van der Waals surface area contributed by atoms with Crippen LogP contribution in [-0.4, -0.2) is 44.3 Å². The van der Waals surface area contributed by atoms with Crippen LogP contribution in [0.5, 0.6) is 0 Å². The van der Waals surface area contributed by atoms with E-state index in [9.17, 15) is 18.0 Å². The van der Waals surface area contributed by atoms with Gasteiger partial charge in [-0.15, -0.1) is 0 Å². The van der Waals surface area contributed by atoms with Crippen LogP contribution in [0, 0.1) is 6.92 Å². The van der Waals surface area contributed by atoms with E-state index in [1.165, 1.54) is 17.0 Å². The summed E-state index contributed by atoms with van der Waals surface area (Å²) in [6.45, 7) is 4.03. The third kappa shape index (κ3) is 8.80. The molecule has 0 radical (unpaired) electrons. The molecule has 0 saturated heterocycles. The second-order valence-corrected chi connectivity index (χ2v) is 13.4. The summed E-state index contributed by atoms with van der Waals surface area (Å²) >= 11 is 3.51. The largest absolute Gasteiger partial charge is 0.354 e. The number of aryl methyl sites for hydroxylation is 1. The fourth-order valence-corrected chi connectivity index (χ4v) is 6.80. The van der Waals surface area contributed by atoms with Gasteiger partial charge in [0.05, 0.1) is 10.6 Å². The summed E-state index contributed by atoms with van der Waals surface area (Å²) in [6, 6.07) is 31.3. The number of hydrogen-bond acceptors (Lipinski definition) is 4. The van der Waals surface area contributed by atoms with Crippen LogP contribution in [0.15, 0.2) is 119 Å². The normalized spacial score (nSPS) is 11.9. The van der Waals surface area contributed by atoms with E-state index in [2.05, 4.69) is 21.2 Å². The van der Waals surface area contributed by atoms with Gasteiger partial charge in [0.15, 0.2) is 0 Å². The number of nitrogens with one attached hydrogen (secondary N) is 1. The van der Waals surface area contributed by atoms with Crippen molar-refractivity contribution in [2.45, 2.75) is 50.6 Å². The Morgan fingerprint density at radius 2 is 1.50 bits per heavy atom. The summed E-state index contributed by atoms with van der Waals surface area (Å²) in [5.74, 6) is -0.767. The topological polar surface area (TPSA) is 86.8 Å². The van der Waals surface area contributed by atoms with Crippen LogP contribution in [0.3, 0.4) is 0 Å². The number of carbonyl (C=O) groups is 2. The zero-order valence-electron chi connectivity index (χ0n) is 25.0. The first-order valence-electron chi connectivity index (χ1n) is 14.7. The number of nitrogens with zero attached hydrogens (tertiary/aromatic N) is 2. The van der Waals surface area contributed by atoms with Gasteiger partial charge in [0.1, 0.15) is 12.6 Å². The van der Waals surface area contributed by atoms with Gasteiger partial charge in [-0.2, -0.15) is 0 Å². The average molecular weight is 677 g/mol. The molecular weight excluding hydrogens is 638 g/mol. The van der Waals surface area contributed by atoms with Crippen molar-refractivity contribution in [2.75, 3.05) is 17.4 Å². The molecule has 4 aromatic carbocycles. The highest BCUT2D eigenvalue weighted by Gasteiger charge is 2.34. The molecule has 44 heavy (non-hydrogen) atoms. The van der Waals surface area contributed by atoms with E-state index >= 15 is 0 Å². The Bertz CT molecular complexity index is 1650. The van der Waals surface area contributed by atoms with Gasteiger partial charge >= 0.3 is 0 Å². The number of unbranched alkanes of at least 4 members (excludes halogenated alkanes) is 1. The van der Waals surface area contributed by atoms with E-state index in [0.29, 0.717) is 12.2 Å². The Kier molecular flexibility index (Phi) is 11.7. The molecule has 0 heterocycles. The van der Waals surface area contributed by atoms with Crippen molar-refractivity contribution in [1.82, 2.24) is 10.2 Å². The van der Waals surface area contributed by atoms with E-state index < -0.39 is 28.5 Å². The fraction of sp³-hybridized carbons (Fsp3) is 0.257. The monoisotopic (exact) mass is 675 g/mol. The van der Waals surface area contributed by atoms with Gasteiger partial charge in [0.2, 0.25) is 11.8 Å². The first kappa shape index (κ1) is 33.0. The van der Waals surface area contributed by atoms with Gasteiger partial charge in [-0.05, 0) is 66.4 Å². The summed E-state index contributed by atoms with van der Waals surface area (Å²) in [6.07, 6.45) is 1.99. The summed E-state index contributed by atoms with van der Waals surface area (Å²) in [7, 11) is -4.12. The molecule has 7 nitrogen and oxygen atoms in total. The highest BCUT2D eigenvalue weighted by Crippen LogP contribution is 2.26. The van der Waals surface area contributed by atoms with Gasteiger partial charge in [-0.1, -0.05) is 102 Å². The van der Waals surface area contributed by atoms with Crippen molar-refractivity contribution in [3.8, 4) is 0 Å². The molecule has 0 aromatic heterocycles. The molecular formula is C35H38BrN3O4S. The number of amides is 2. The molecule has 4 rings (SSSR count). The van der Waals surface area contributed by atoms with E-state index in [1.54, 1.807) is 36.4 Å². The molecule has 0 saturated carbocycles. The third-order valence-electron chi connectivity index (χ3n) is 7.24. The zero-order valence-corrected chi connectivity index (χ0v) is 27.4. The van der Waals surface area contributed by atoms with Gasteiger partial charge in [0.25, 0.3) is 10.0 Å². The summed E-state index contributed by atoms with van der Waals surface area (Å²) in [4.78, 5) is 29.9. The summed E-state index contributed by atoms with van der Waals surface area (Å²) in [5.41, 5.74) is 2.92. The molecule has 0 aliphatic carbocycles. The van der Waals surface area contributed by atoms with Crippen LogP contribution in [0.25, 0.3) is 0 Å². The van der Waals surface area contributed by atoms with E-state index in [1.807, 2.05) is 74.5 Å². The number of carbonyl (C=O) groups excluding carboxylic acids is 2. The lowest BCUT2D eigenvalue weighted by Gasteiger charge is -2.34. The highest BCUT2D eigenvalue weighted by molar-refractivity contribution is 9.10. The highest BCUT2D eigenvalue weighted by atomic mass is 79.9. The molecule has 2 amide bonds. The Morgan fingerprint density at radius 3 is 2.16 bits per heavy atom. The van der Waals surface area contributed by atoms with Crippen LogP contribution in [0.2, 0.25) is 0 Å². The Morgan fingerprint density at radius 1 is 0.841 bits per heavy atom. The fourth-order valence-electron chi connectivity index (χ4n) is 4.92. The minimum atomic E-state index is -4.12. The number of benzene rings is 4. The molecule has 0 fully saturated rings. The molecule has 0 aliphatic rings. The zero-order chi connectivity index (χ0) is 31.5. The maximum absolute atomic E-state index is 14.5. The maximum atomic E-state index is 14.5. The Hall–Kier alpha value is -3.95. The van der Waals surface area contributed by atoms with Crippen molar-refractivity contribution in [3.63, 3.8) is 0 Å². The molecule has 4 aromatic rings. The maximum Gasteiger partial charge on any atom is 0.264 e. The van der Waals surface area contributed by atoms with Crippen LogP contribution in [0.1, 0.15) is 36.5 Å². The number of hydrogen-bond donors (Lipinski definition) is 1. The molecule has 0 unspecified atom stereocenters. The number of rotatable bonds is 14. The van der Waals surface area contributed by atoms with E-state index in [4.69, 9.17) is 0 Å². The molecule has 1 atom stereocenters. The Labute approximate surface area is 269 Å². The van der Waals surface area contributed by atoms with Crippen molar-refractivity contribution >= 4 is 43.5 Å². The number of anilines is 1. The SMILES string of the molecule is CCCCNC(=O)[C@@H](Cc1ccccc1)N(Cc1cccc(Br)c1)C(=O)CN(c1cccc(C)c1)S(=O)(=O)c1ccccc1. The van der Waals surface area contributed by atoms with Crippen molar-refractivity contribution < 1.29 is 18.0 Å². The van der Waals surface area contributed by atoms with Gasteiger partial charge < -0.3 is 10.2 Å². The molecule has 1 N–H and O–H groups in total. The predicted molar refractivity (Wildman–Crippen MR) is 179 cm³/mol. The van der Waals surface area contributed by atoms with Crippen LogP contribution in [-0.2, 0) is 32.6 Å². The average Bonchev–Trinajstić information content (AvgIpc) is 3.02. The van der Waals surface area contributed by atoms with Crippen LogP contribution >= 0.6 is 15.9 Å². The standard InChI is InChI=1S/C35H38BrN3O4S/c1-3-4-21-37-35(41)33(24-28-14-7-5-8-15-28)38(25-29-16-12-17-30(36)23-29)34(40)26-39(31-18-11-13-27(2)22-31)44(42,43)32-19-9-6-10-20-32/h5-20,22-23,33H,3-4,21,24-26H2,1-2H3,(H,37,41)/t33-/m1/s1. The van der Waals surface area contributed by atoms with Crippen LogP contribution < -0.4 is 9.62 Å². The summed E-state index contributed by atoms with van der Waals surface area (Å²) < 4.78 is 30.1. The van der Waals surface area contributed by atoms with Crippen molar-refractivity contribution in [3.05, 3.63) is 130 Å².